The summed E-state index contributed by atoms with van der Waals surface area (Å²) in [4.78, 5) is 2.33. The highest BCUT2D eigenvalue weighted by Crippen LogP contribution is 2.55. The van der Waals surface area contributed by atoms with Crippen LogP contribution in [0.4, 0.5) is 0 Å². The first kappa shape index (κ1) is 69.6. The molecule has 9 rings (SSSR count). The molecule has 4 N–H and O–H groups in total. The third kappa shape index (κ3) is 25.7. The van der Waals surface area contributed by atoms with Crippen molar-refractivity contribution in [2.75, 3.05) is 172 Å². The summed E-state index contributed by atoms with van der Waals surface area (Å²) in [6.45, 7) is 10.1. The number of hydrogen-bond acceptors (Lipinski definition) is 23. The summed E-state index contributed by atoms with van der Waals surface area (Å²) in [6, 6.07) is 28.4. The molecule has 0 radical (unpaired) electrons. The summed E-state index contributed by atoms with van der Waals surface area (Å²) in [6.07, 6.45) is -3.22. The minimum Gasteiger partial charge on any atom is -0.491 e. The highest BCUT2D eigenvalue weighted by molar-refractivity contribution is 8.33. The maximum absolute atomic E-state index is 9.63. The van der Waals surface area contributed by atoms with Crippen molar-refractivity contribution in [3.63, 3.8) is 0 Å². The lowest BCUT2D eigenvalue weighted by molar-refractivity contribution is -0.0430. The van der Waals surface area contributed by atoms with Gasteiger partial charge in [-0.1, -0.05) is 119 Å². The molecule has 0 saturated heterocycles. The lowest BCUT2D eigenvalue weighted by Crippen LogP contribution is -2.15. The van der Waals surface area contributed by atoms with Gasteiger partial charge in [-0.05, 0) is 47.2 Å². The molecule has 0 saturated carbocycles. The zero-order valence-corrected chi connectivity index (χ0v) is 52.7. The van der Waals surface area contributed by atoms with Crippen LogP contribution in [0.1, 0.15) is 46.0 Å². The van der Waals surface area contributed by atoms with E-state index in [0.29, 0.717) is 190 Å². The molecule has 0 aliphatic carbocycles. The molecule has 89 heavy (non-hydrogen) atoms. The van der Waals surface area contributed by atoms with Gasteiger partial charge < -0.3 is 91.5 Å². The molecule has 4 aliphatic rings. The predicted octanol–water partition coefficient (Wildman–Crippen LogP) is 8.79. The smallest absolute Gasteiger partial charge is 0.178 e. The Hall–Kier alpha value is -5.30. The minimum absolute atomic E-state index is 0.175. The van der Waals surface area contributed by atoms with Crippen LogP contribution in [0.25, 0.3) is 10.8 Å². The number of aliphatic hydroxyl groups excluding tert-OH is 2. The van der Waals surface area contributed by atoms with Crippen LogP contribution in [-0.2, 0) is 52.1 Å². The van der Waals surface area contributed by atoms with E-state index in [-0.39, 0.29) is 26.4 Å². The first-order valence-electron chi connectivity index (χ1n) is 29.2. The van der Waals surface area contributed by atoms with Crippen LogP contribution in [0.15, 0.2) is 126 Å². The molecular formula is C66H76O19S4. The lowest BCUT2D eigenvalue weighted by Gasteiger charge is -2.14. The fraction of sp³-hybridized carbons (Fsp3) is 0.424. The molecular weight excluding hydrogens is 1220 g/mol. The van der Waals surface area contributed by atoms with Crippen LogP contribution in [0.2, 0.25) is 0 Å². The van der Waals surface area contributed by atoms with Crippen molar-refractivity contribution in [2.24, 2.45) is 0 Å². The molecule has 0 atom stereocenters. The first-order chi connectivity index (χ1) is 43.9. The molecule has 5 aromatic carbocycles. The van der Waals surface area contributed by atoms with E-state index in [0.717, 1.165) is 27.2 Å². The number of rotatable bonds is 2. The SMILES string of the molecule is OC(O)c1ccc(C#Cc2cc3c(C#Cc4ccc(C(O)O)cc4)cc2OCCOCCOCCOCCOCC2=CS/C(=C4/SC=C(COCCOCCOCCOCCOc5cccc6c(cccc56)OCCOCCOCCOCCO3)S4)S2)cc1. The quantitative estimate of drug-likeness (QED) is 0.0737. The van der Waals surface area contributed by atoms with Crippen LogP contribution >= 0.6 is 47.0 Å². The zero-order valence-electron chi connectivity index (χ0n) is 49.5. The second kappa shape index (κ2) is 41.2. The van der Waals surface area contributed by atoms with E-state index in [4.69, 9.17) is 71.1 Å². The molecule has 478 valence electrons. The number of hydrogen-bond donors (Lipinski definition) is 4. The largest absolute Gasteiger partial charge is 0.491 e. The molecule has 0 amide bonds. The Bertz CT molecular complexity index is 3130. The van der Waals surface area contributed by atoms with Crippen molar-refractivity contribution in [3.05, 3.63) is 160 Å². The Balaban J connectivity index is 0.830. The van der Waals surface area contributed by atoms with E-state index < -0.39 is 12.6 Å². The molecule has 5 aromatic rings. The van der Waals surface area contributed by atoms with E-state index in [1.165, 1.54) is 13.4 Å². The number of fused-ring (bicyclic) bond motifs is 40. The van der Waals surface area contributed by atoms with E-state index in [1.54, 1.807) is 108 Å². The first-order valence-corrected chi connectivity index (χ1v) is 32.6. The van der Waals surface area contributed by atoms with Crippen LogP contribution in [0.5, 0.6) is 23.0 Å². The van der Waals surface area contributed by atoms with Gasteiger partial charge in [-0.3, -0.25) is 0 Å². The molecule has 4 aliphatic heterocycles. The number of thioether (sulfide) groups is 4. The Labute approximate surface area is 536 Å². The summed E-state index contributed by atoms with van der Waals surface area (Å²) in [7, 11) is 0. The summed E-state index contributed by atoms with van der Waals surface area (Å²) in [5, 5.41) is 44.7. The Morgan fingerprint density at radius 3 is 0.921 bits per heavy atom. The molecule has 19 nitrogen and oxygen atoms in total. The Morgan fingerprint density at radius 2 is 0.607 bits per heavy atom. The van der Waals surface area contributed by atoms with Crippen molar-refractivity contribution >= 4 is 57.8 Å². The Kier molecular flexibility index (Phi) is 32.2. The molecule has 4 heterocycles. The molecule has 0 unspecified atom stereocenters. The average Bonchev–Trinajstić information content (AvgIpc) is 3.82. The monoisotopic (exact) mass is 1300 g/mol. The predicted molar refractivity (Wildman–Crippen MR) is 344 cm³/mol. The van der Waals surface area contributed by atoms with Gasteiger partial charge in [0.15, 0.2) is 12.6 Å². The highest BCUT2D eigenvalue weighted by atomic mass is 32.2. The second-order valence-electron chi connectivity index (χ2n) is 19.1. The van der Waals surface area contributed by atoms with Gasteiger partial charge in [-0.2, -0.15) is 0 Å². The van der Waals surface area contributed by atoms with Crippen molar-refractivity contribution < 1.29 is 91.5 Å². The van der Waals surface area contributed by atoms with Gasteiger partial charge in [0.1, 0.15) is 49.4 Å². The van der Waals surface area contributed by atoms with E-state index >= 15 is 0 Å². The van der Waals surface area contributed by atoms with E-state index in [2.05, 4.69) is 34.5 Å². The van der Waals surface area contributed by atoms with Gasteiger partial charge in [0.25, 0.3) is 0 Å². The summed E-state index contributed by atoms with van der Waals surface area (Å²) >= 11 is 6.93. The van der Waals surface area contributed by atoms with Crippen molar-refractivity contribution in [1.82, 2.24) is 0 Å². The van der Waals surface area contributed by atoms with Crippen molar-refractivity contribution in [1.29, 1.82) is 0 Å². The normalized spacial score (nSPS) is 19.3. The van der Waals surface area contributed by atoms with Gasteiger partial charge >= 0.3 is 0 Å². The van der Waals surface area contributed by atoms with Crippen molar-refractivity contribution in [2.45, 2.75) is 12.6 Å². The molecule has 0 fully saturated rings. The topological polar surface area (TPSA) is 219 Å². The van der Waals surface area contributed by atoms with Crippen LogP contribution in [-0.4, -0.2) is 192 Å². The second-order valence-corrected chi connectivity index (χ2v) is 23.7. The fourth-order valence-corrected chi connectivity index (χ4v) is 13.0. The van der Waals surface area contributed by atoms with Gasteiger partial charge in [0.2, 0.25) is 0 Å². The van der Waals surface area contributed by atoms with Gasteiger partial charge in [0, 0.05) is 55.0 Å². The fourth-order valence-electron chi connectivity index (χ4n) is 8.18. The maximum Gasteiger partial charge on any atom is 0.178 e. The van der Waals surface area contributed by atoms with Gasteiger partial charge in [0.05, 0.1) is 165 Å². The average molecular weight is 1300 g/mol. The number of aliphatic hydroxyl groups is 4. The Morgan fingerprint density at radius 1 is 0.315 bits per heavy atom. The number of benzene rings is 5. The summed E-state index contributed by atoms with van der Waals surface area (Å²) in [5.41, 5.74) is 2.95. The zero-order chi connectivity index (χ0) is 61.8. The highest BCUT2D eigenvalue weighted by Gasteiger charge is 2.22. The molecule has 0 spiro atoms. The summed E-state index contributed by atoms with van der Waals surface area (Å²) in [5.74, 6) is 15.0. The third-order valence-corrected chi connectivity index (χ3v) is 17.9. The third-order valence-electron chi connectivity index (χ3n) is 12.6. The van der Waals surface area contributed by atoms with E-state index in [1.807, 2.05) is 36.4 Å². The lowest BCUT2D eigenvalue weighted by atomic mass is 10.1. The molecule has 0 aromatic heterocycles. The summed E-state index contributed by atoms with van der Waals surface area (Å²) < 4.78 is 91.0. The van der Waals surface area contributed by atoms with Gasteiger partial charge in [-0.25, -0.2) is 0 Å². The molecule has 10 bridgehead atoms. The van der Waals surface area contributed by atoms with Crippen molar-refractivity contribution in [3.8, 4) is 46.7 Å². The number of ether oxygens (including phenoxy) is 15. The van der Waals surface area contributed by atoms with Crippen LogP contribution in [0, 0.1) is 23.7 Å². The van der Waals surface area contributed by atoms with Crippen LogP contribution < -0.4 is 18.9 Å². The van der Waals surface area contributed by atoms with E-state index in [9.17, 15) is 20.4 Å². The van der Waals surface area contributed by atoms with Crippen LogP contribution in [0.3, 0.4) is 0 Å². The van der Waals surface area contributed by atoms with Gasteiger partial charge in [-0.15, -0.1) is 0 Å². The standard InChI is InChI=1S/C66H76O19S4/c67-63(68)51-13-7-49(8-14-51)11-17-53-44-62-54(18-12-50-9-15-52(16-10-50)64(69)70)43-61(53)84-41-37-78-29-25-72-20-22-75-32-34-81-46-56-48-87-66(89-56)65-86-47-55(88-65)45-80-33-31-74-21-19-71-23-27-76-35-39-82-59-5-1-4-58-57(59)3-2-6-60(58)83-40-36-77-28-24-73-26-30-79-38-42-85-62/h1-10,13-16,43-44,47-48,63-64,67-70H,19-42,45-46H2/b66-65+. The minimum atomic E-state index is -1.61. The molecule has 23 heteroatoms. The maximum atomic E-state index is 9.63.